The van der Waals surface area contributed by atoms with Gasteiger partial charge in [-0.1, -0.05) is 0 Å². The van der Waals surface area contributed by atoms with E-state index in [4.69, 9.17) is 15.2 Å². The van der Waals surface area contributed by atoms with Crippen molar-refractivity contribution in [3.63, 3.8) is 0 Å². The normalized spacial score (nSPS) is 12.0. The van der Waals surface area contributed by atoms with E-state index < -0.39 is 5.97 Å². The Labute approximate surface area is 72.8 Å². The molecule has 0 radical (unpaired) electrons. The van der Waals surface area contributed by atoms with E-state index >= 15 is 0 Å². The first-order valence-corrected chi connectivity index (χ1v) is 3.92. The molecule has 0 aromatic carbocycles. The second kappa shape index (κ2) is 6.33. The highest BCUT2D eigenvalue weighted by Crippen LogP contribution is 2.03. The molecule has 0 bridgehead atoms. The molecule has 0 amide bonds. The summed E-state index contributed by atoms with van der Waals surface area (Å²) in [4.78, 5) is 0. The summed E-state index contributed by atoms with van der Waals surface area (Å²) in [5.74, 6) is -1.52. The van der Waals surface area contributed by atoms with E-state index in [-0.39, 0.29) is 6.54 Å². The van der Waals surface area contributed by atoms with E-state index in [0.717, 1.165) is 13.0 Å². The zero-order valence-corrected chi connectivity index (χ0v) is 7.67. The molecule has 0 saturated carbocycles. The van der Waals surface area contributed by atoms with E-state index in [1.54, 1.807) is 0 Å². The summed E-state index contributed by atoms with van der Waals surface area (Å²) in [6, 6.07) is 0. The van der Waals surface area contributed by atoms with Crippen LogP contribution in [0.1, 0.15) is 6.42 Å². The Morgan fingerprint density at radius 2 is 2.00 bits per heavy atom. The maximum atomic E-state index is 9.39. The largest absolute Gasteiger partial charge is 0.342 e. The maximum Gasteiger partial charge on any atom is 0.293 e. The summed E-state index contributed by atoms with van der Waals surface area (Å²) in [6.45, 7) is 1.61. The van der Waals surface area contributed by atoms with Crippen LogP contribution < -0.4 is 11.1 Å². The third-order valence-electron chi connectivity index (χ3n) is 1.54. The molecule has 0 aliphatic carbocycles. The van der Waals surface area contributed by atoms with Crippen molar-refractivity contribution in [2.75, 3.05) is 33.9 Å². The summed E-state index contributed by atoms with van der Waals surface area (Å²) < 4.78 is 9.41. The van der Waals surface area contributed by atoms with Gasteiger partial charge in [0.2, 0.25) is 0 Å². The SMILES string of the molecule is COC(O)(CNCCCN)OC. The Morgan fingerprint density at radius 1 is 1.42 bits per heavy atom. The summed E-state index contributed by atoms with van der Waals surface area (Å²) in [6.07, 6.45) is 0.865. The number of ether oxygens (including phenoxy) is 2. The van der Waals surface area contributed by atoms with Crippen molar-refractivity contribution in [2.45, 2.75) is 12.4 Å². The first-order chi connectivity index (χ1) is 5.68. The van der Waals surface area contributed by atoms with Gasteiger partial charge < -0.3 is 25.6 Å². The lowest BCUT2D eigenvalue weighted by Gasteiger charge is -2.24. The number of nitrogens with one attached hydrogen (secondary N) is 1. The molecule has 0 unspecified atom stereocenters. The lowest BCUT2D eigenvalue weighted by molar-refractivity contribution is -0.334. The molecule has 0 heterocycles. The monoisotopic (exact) mass is 178 g/mol. The predicted octanol–water partition coefficient (Wildman–Crippen LogP) is -1.14. The van der Waals surface area contributed by atoms with Crippen LogP contribution in [0.3, 0.4) is 0 Å². The second-order valence-corrected chi connectivity index (χ2v) is 2.44. The Balaban J connectivity index is 3.45. The fourth-order valence-corrected chi connectivity index (χ4v) is 0.701. The van der Waals surface area contributed by atoms with E-state index in [9.17, 15) is 5.11 Å². The first kappa shape index (κ1) is 11.8. The Hall–Kier alpha value is -0.200. The highest BCUT2D eigenvalue weighted by atomic mass is 16.8. The van der Waals surface area contributed by atoms with Crippen LogP contribution in [0.4, 0.5) is 0 Å². The average Bonchev–Trinajstić information content (AvgIpc) is 2.12. The molecule has 0 aliphatic rings. The van der Waals surface area contributed by atoms with Crippen molar-refractivity contribution in [3.8, 4) is 0 Å². The molecule has 0 atom stereocenters. The van der Waals surface area contributed by atoms with Crippen molar-refractivity contribution in [1.29, 1.82) is 0 Å². The van der Waals surface area contributed by atoms with Crippen LogP contribution in [-0.2, 0) is 9.47 Å². The number of nitrogens with two attached hydrogens (primary N) is 1. The highest BCUT2D eigenvalue weighted by molar-refractivity contribution is 4.57. The molecule has 74 valence electrons. The lowest BCUT2D eigenvalue weighted by atomic mass is 10.4. The van der Waals surface area contributed by atoms with E-state index in [0.29, 0.717) is 6.54 Å². The fraction of sp³-hybridized carbons (Fsp3) is 1.00. The Kier molecular flexibility index (Phi) is 6.23. The number of aliphatic hydroxyl groups is 1. The van der Waals surface area contributed by atoms with Crippen molar-refractivity contribution >= 4 is 0 Å². The topological polar surface area (TPSA) is 76.7 Å². The van der Waals surface area contributed by atoms with Gasteiger partial charge in [-0.3, -0.25) is 0 Å². The Morgan fingerprint density at radius 3 is 2.42 bits per heavy atom. The van der Waals surface area contributed by atoms with E-state index in [1.165, 1.54) is 14.2 Å². The van der Waals surface area contributed by atoms with Crippen LogP contribution in [-0.4, -0.2) is 44.9 Å². The lowest BCUT2D eigenvalue weighted by Crippen LogP contribution is -2.44. The van der Waals surface area contributed by atoms with E-state index in [1.807, 2.05) is 0 Å². The quantitative estimate of drug-likeness (QED) is 0.339. The molecule has 0 aliphatic heterocycles. The molecule has 5 nitrogen and oxygen atoms in total. The smallest absolute Gasteiger partial charge is 0.293 e. The second-order valence-electron chi connectivity index (χ2n) is 2.44. The van der Waals surface area contributed by atoms with Gasteiger partial charge in [0.25, 0.3) is 5.97 Å². The maximum absolute atomic E-state index is 9.39. The number of methoxy groups -OCH3 is 2. The van der Waals surface area contributed by atoms with Crippen molar-refractivity contribution in [2.24, 2.45) is 5.73 Å². The van der Waals surface area contributed by atoms with Crippen LogP contribution in [0, 0.1) is 0 Å². The summed E-state index contributed by atoms with van der Waals surface area (Å²) in [5.41, 5.74) is 5.28. The number of hydrogen-bond donors (Lipinski definition) is 3. The molecule has 0 fully saturated rings. The zero-order valence-electron chi connectivity index (χ0n) is 7.67. The van der Waals surface area contributed by atoms with Crippen molar-refractivity contribution in [1.82, 2.24) is 5.32 Å². The van der Waals surface area contributed by atoms with Gasteiger partial charge in [-0.05, 0) is 19.5 Å². The third-order valence-corrected chi connectivity index (χ3v) is 1.54. The van der Waals surface area contributed by atoms with Crippen LogP contribution in [0.2, 0.25) is 0 Å². The van der Waals surface area contributed by atoms with Gasteiger partial charge >= 0.3 is 0 Å². The molecular formula is C7H18N2O3. The van der Waals surface area contributed by atoms with E-state index in [2.05, 4.69) is 5.32 Å². The summed E-state index contributed by atoms with van der Waals surface area (Å²) >= 11 is 0. The molecule has 0 saturated heterocycles. The highest BCUT2D eigenvalue weighted by Gasteiger charge is 2.24. The van der Waals surface area contributed by atoms with Crippen LogP contribution in [0.15, 0.2) is 0 Å². The van der Waals surface area contributed by atoms with Crippen molar-refractivity contribution in [3.05, 3.63) is 0 Å². The van der Waals surface area contributed by atoms with Gasteiger partial charge in [0, 0.05) is 14.2 Å². The van der Waals surface area contributed by atoms with Crippen LogP contribution in [0.5, 0.6) is 0 Å². The molecule has 0 aromatic rings. The summed E-state index contributed by atoms with van der Waals surface area (Å²) in [5, 5.41) is 12.3. The molecule has 4 N–H and O–H groups in total. The molecule has 0 rings (SSSR count). The number of rotatable bonds is 7. The first-order valence-electron chi connectivity index (χ1n) is 3.92. The predicted molar refractivity (Wildman–Crippen MR) is 45.5 cm³/mol. The minimum atomic E-state index is -1.52. The fourth-order valence-electron chi connectivity index (χ4n) is 0.701. The van der Waals surface area contributed by atoms with Gasteiger partial charge in [0.05, 0.1) is 6.54 Å². The van der Waals surface area contributed by atoms with Gasteiger partial charge in [-0.2, -0.15) is 0 Å². The minimum absolute atomic E-state index is 0.236. The minimum Gasteiger partial charge on any atom is -0.342 e. The van der Waals surface area contributed by atoms with Gasteiger partial charge in [-0.25, -0.2) is 0 Å². The van der Waals surface area contributed by atoms with Crippen LogP contribution >= 0.6 is 0 Å². The zero-order chi connectivity index (χ0) is 9.45. The molecule has 0 spiro atoms. The molecule has 12 heavy (non-hydrogen) atoms. The standard InChI is InChI=1S/C7H18N2O3/c1-11-7(10,12-2)6-9-5-3-4-8/h9-10H,3-6,8H2,1-2H3. The van der Waals surface area contributed by atoms with Gasteiger partial charge in [0.15, 0.2) is 0 Å². The van der Waals surface area contributed by atoms with Gasteiger partial charge in [-0.15, -0.1) is 0 Å². The molecular weight excluding hydrogens is 160 g/mol. The Bertz CT molecular complexity index is 107. The average molecular weight is 178 g/mol. The third kappa shape index (κ3) is 4.63. The molecule has 0 aromatic heterocycles. The molecule has 5 heteroatoms. The van der Waals surface area contributed by atoms with Gasteiger partial charge in [0.1, 0.15) is 0 Å². The van der Waals surface area contributed by atoms with Crippen LogP contribution in [0.25, 0.3) is 0 Å². The summed E-state index contributed by atoms with van der Waals surface area (Å²) in [7, 11) is 2.77. The van der Waals surface area contributed by atoms with Crippen molar-refractivity contribution < 1.29 is 14.6 Å². The number of hydrogen-bond acceptors (Lipinski definition) is 5.